The Kier molecular flexibility index (Phi) is 3.57. The first kappa shape index (κ1) is 14.1. The molecule has 0 spiro atoms. The Morgan fingerprint density at radius 2 is 2.00 bits per heavy atom. The fourth-order valence-electron chi connectivity index (χ4n) is 4.51. The van der Waals surface area contributed by atoms with E-state index in [1.54, 1.807) is 0 Å². The van der Waals surface area contributed by atoms with Crippen LogP contribution in [-0.4, -0.2) is 18.6 Å². The van der Waals surface area contributed by atoms with Gasteiger partial charge in [0.15, 0.2) is 0 Å². The van der Waals surface area contributed by atoms with Gasteiger partial charge in [-0.2, -0.15) is 0 Å². The minimum Gasteiger partial charge on any atom is -0.493 e. The second-order valence-corrected chi connectivity index (χ2v) is 7.11. The highest BCUT2D eigenvalue weighted by atomic mass is 16.5. The Bertz CT molecular complexity index is 572. The number of fused-ring (bicyclic) bond motifs is 3. The fraction of sp³-hybridized carbons (Fsp3) is 0.611. The average Bonchev–Trinajstić information content (AvgIpc) is 2.94. The first-order valence-corrected chi connectivity index (χ1v) is 8.53. The van der Waals surface area contributed by atoms with Crippen molar-refractivity contribution in [2.75, 3.05) is 11.9 Å². The summed E-state index contributed by atoms with van der Waals surface area (Å²) < 4.78 is 5.51. The van der Waals surface area contributed by atoms with Gasteiger partial charge < -0.3 is 15.8 Å². The van der Waals surface area contributed by atoms with Crippen molar-refractivity contribution in [3.05, 3.63) is 23.8 Å². The van der Waals surface area contributed by atoms with Crippen LogP contribution in [0.2, 0.25) is 0 Å². The number of hydrogen-bond acceptors (Lipinski definition) is 3. The van der Waals surface area contributed by atoms with Crippen molar-refractivity contribution in [1.82, 2.24) is 0 Å². The maximum atomic E-state index is 12.6. The molecule has 0 radical (unpaired) electrons. The number of carbonyl (C=O) groups excluding carboxylic acids is 1. The first-order chi connectivity index (χ1) is 10.7. The molecule has 4 nitrogen and oxygen atoms in total. The van der Waals surface area contributed by atoms with Crippen LogP contribution in [0.5, 0.6) is 5.75 Å². The lowest BCUT2D eigenvalue weighted by molar-refractivity contribution is -0.122. The van der Waals surface area contributed by atoms with E-state index in [2.05, 4.69) is 11.4 Å². The minimum absolute atomic E-state index is 0.125. The molecule has 0 saturated heterocycles. The summed E-state index contributed by atoms with van der Waals surface area (Å²) in [5, 5.41) is 3.11. The smallest absolute Gasteiger partial charge is 0.227 e. The lowest BCUT2D eigenvalue weighted by Gasteiger charge is -2.43. The molecule has 2 fully saturated rings. The van der Waals surface area contributed by atoms with Crippen molar-refractivity contribution < 1.29 is 9.53 Å². The van der Waals surface area contributed by atoms with Gasteiger partial charge in [-0.3, -0.25) is 4.79 Å². The molecule has 0 aromatic heterocycles. The highest BCUT2D eigenvalue weighted by Gasteiger charge is 2.40. The van der Waals surface area contributed by atoms with Gasteiger partial charge in [-0.05, 0) is 61.3 Å². The Morgan fingerprint density at radius 3 is 2.77 bits per heavy atom. The third-order valence-corrected chi connectivity index (χ3v) is 5.74. The summed E-state index contributed by atoms with van der Waals surface area (Å²) in [4.78, 5) is 12.6. The van der Waals surface area contributed by atoms with Gasteiger partial charge in [0.2, 0.25) is 5.91 Å². The van der Waals surface area contributed by atoms with Crippen molar-refractivity contribution >= 4 is 11.6 Å². The molecule has 118 valence electrons. The largest absolute Gasteiger partial charge is 0.493 e. The number of carbonyl (C=O) groups is 1. The van der Waals surface area contributed by atoms with Crippen molar-refractivity contribution in [3.8, 4) is 5.75 Å². The van der Waals surface area contributed by atoms with Crippen LogP contribution in [-0.2, 0) is 11.2 Å². The van der Waals surface area contributed by atoms with E-state index in [1.807, 2.05) is 12.1 Å². The predicted molar refractivity (Wildman–Crippen MR) is 85.8 cm³/mol. The molecule has 2 atom stereocenters. The van der Waals surface area contributed by atoms with E-state index in [9.17, 15) is 4.79 Å². The third kappa shape index (κ3) is 2.50. The molecule has 3 N–H and O–H groups in total. The van der Waals surface area contributed by atoms with E-state index in [-0.39, 0.29) is 11.8 Å². The first-order valence-electron chi connectivity index (χ1n) is 8.53. The topological polar surface area (TPSA) is 64.4 Å². The molecular formula is C18H24N2O2. The second-order valence-electron chi connectivity index (χ2n) is 7.11. The van der Waals surface area contributed by atoms with Gasteiger partial charge in [0.1, 0.15) is 5.75 Å². The van der Waals surface area contributed by atoms with E-state index in [4.69, 9.17) is 10.5 Å². The summed E-state index contributed by atoms with van der Waals surface area (Å²) in [6.45, 7) is 0.747. The Hall–Kier alpha value is -1.55. The zero-order chi connectivity index (χ0) is 15.1. The van der Waals surface area contributed by atoms with Crippen LogP contribution >= 0.6 is 0 Å². The van der Waals surface area contributed by atoms with E-state index in [0.717, 1.165) is 37.3 Å². The molecule has 2 bridgehead atoms. The third-order valence-electron chi connectivity index (χ3n) is 5.74. The quantitative estimate of drug-likeness (QED) is 0.882. The van der Waals surface area contributed by atoms with Crippen LogP contribution in [0.4, 0.5) is 5.69 Å². The average molecular weight is 300 g/mol. The number of benzene rings is 1. The Morgan fingerprint density at radius 1 is 1.23 bits per heavy atom. The molecule has 4 rings (SSSR count). The van der Waals surface area contributed by atoms with Crippen LogP contribution in [0.25, 0.3) is 0 Å². The monoisotopic (exact) mass is 300 g/mol. The molecular weight excluding hydrogens is 276 g/mol. The Labute approximate surface area is 131 Å². The van der Waals surface area contributed by atoms with Gasteiger partial charge in [-0.1, -0.05) is 6.42 Å². The van der Waals surface area contributed by atoms with Crippen LogP contribution in [0.3, 0.4) is 0 Å². The lowest BCUT2D eigenvalue weighted by Crippen LogP contribution is -2.48. The summed E-state index contributed by atoms with van der Waals surface area (Å²) >= 11 is 0. The van der Waals surface area contributed by atoms with Gasteiger partial charge in [0.05, 0.1) is 6.61 Å². The van der Waals surface area contributed by atoms with Crippen LogP contribution in [0.15, 0.2) is 18.2 Å². The molecule has 3 aliphatic rings. The zero-order valence-corrected chi connectivity index (χ0v) is 12.9. The summed E-state index contributed by atoms with van der Waals surface area (Å²) in [6, 6.07) is 6.27. The van der Waals surface area contributed by atoms with Gasteiger partial charge in [0, 0.05) is 24.1 Å². The molecule has 1 amide bonds. The molecule has 4 heteroatoms. The molecule has 1 aliphatic heterocycles. The van der Waals surface area contributed by atoms with Crippen molar-refractivity contribution in [2.24, 2.45) is 23.5 Å². The number of amides is 1. The molecule has 2 aliphatic carbocycles. The van der Waals surface area contributed by atoms with E-state index < -0.39 is 0 Å². The normalized spacial score (nSPS) is 33.0. The van der Waals surface area contributed by atoms with Crippen molar-refractivity contribution in [1.29, 1.82) is 0 Å². The number of nitrogens with one attached hydrogen (secondary N) is 1. The van der Waals surface area contributed by atoms with E-state index >= 15 is 0 Å². The molecule has 1 aromatic rings. The summed E-state index contributed by atoms with van der Waals surface area (Å²) in [5.41, 5.74) is 8.41. The van der Waals surface area contributed by atoms with Gasteiger partial charge >= 0.3 is 0 Å². The van der Waals surface area contributed by atoms with Crippen molar-refractivity contribution in [3.63, 3.8) is 0 Å². The SMILES string of the molecule is NC1C2CCCC1CC(C(=O)Nc1ccc3c(c1)CCO3)C2. The number of anilines is 1. The van der Waals surface area contributed by atoms with Gasteiger partial charge in [-0.25, -0.2) is 0 Å². The standard InChI is InChI=1S/C18H24N2O2/c19-17-12-2-1-3-13(17)9-14(8-12)18(21)20-15-4-5-16-11(10-15)6-7-22-16/h4-5,10,12-14,17H,1-3,6-9,19H2,(H,20,21). The molecule has 1 heterocycles. The lowest BCUT2D eigenvalue weighted by atomic mass is 9.65. The van der Waals surface area contributed by atoms with Crippen LogP contribution in [0, 0.1) is 17.8 Å². The molecule has 2 unspecified atom stereocenters. The van der Waals surface area contributed by atoms with E-state index in [0.29, 0.717) is 17.9 Å². The van der Waals surface area contributed by atoms with Gasteiger partial charge in [-0.15, -0.1) is 0 Å². The zero-order valence-electron chi connectivity index (χ0n) is 12.9. The van der Waals surface area contributed by atoms with Crippen LogP contribution in [0.1, 0.15) is 37.7 Å². The molecule has 2 saturated carbocycles. The van der Waals surface area contributed by atoms with Crippen LogP contribution < -0.4 is 15.8 Å². The van der Waals surface area contributed by atoms with Gasteiger partial charge in [0.25, 0.3) is 0 Å². The summed E-state index contributed by atoms with van der Waals surface area (Å²) in [5.74, 6) is 2.33. The number of ether oxygens (including phenoxy) is 1. The van der Waals surface area contributed by atoms with E-state index in [1.165, 1.54) is 24.8 Å². The number of rotatable bonds is 2. The number of nitrogens with two attached hydrogens (primary N) is 1. The van der Waals surface area contributed by atoms with Crippen molar-refractivity contribution in [2.45, 2.75) is 44.6 Å². The number of hydrogen-bond donors (Lipinski definition) is 2. The summed E-state index contributed by atoms with van der Waals surface area (Å²) in [6.07, 6.45) is 6.51. The second kappa shape index (κ2) is 5.58. The minimum atomic E-state index is 0.125. The predicted octanol–water partition coefficient (Wildman–Crippen LogP) is 2.71. The fourth-order valence-corrected chi connectivity index (χ4v) is 4.51. The maximum Gasteiger partial charge on any atom is 0.227 e. The highest BCUT2D eigenvalue weighted by molar-refractivity contribution is 5.92. The highest BCUT2D eigenvalue weighted by Crippen LogP contribution is 2.42. The molecule has 1 aromatic carbocycles. The maximum absolute atomic E-state index is 12.6. The molecule has 22 heavy (non-hydrogen) atoms. The Balaban J connectivity index is 1.44. The summed E-state index contributed by atoms with van der Waals surface area (Å²) in [7, 11) is 0.